The van der Waals surface area contributed by atoms with Gasteiger partial charge in [0.05, 0.1) is 42.2 Å². The number of methoxy groups -OCH3 is 2. The zero-order valence-corrected chi connectivity index (χ0v) is 34.3. The predicted molar refractivity (Wildman–Crippen MR) is 206 cm³/mol. The van der Waals surface area contributed by atoms with Crippen LogP contribution >= 0.6 is 0 Å². The van der Waals surface area contributed by atoms with E-state index in [1.54, 1.807) is 56.8 Å². The summed E-state index contributed by atoms with van der Waals surface area (Å²) in [7, 11) is 6.31. The molecule has 0 spiro atoms. The first-order chi connectivity index (χ1) is 25.4. The first-order valence-corrected chi connectivity index (χ1v) is 19.2. The Bertz CT molecular complexity index is 1380. The fourth-order valence-electron chi connectivity index (χ4n) is 7.39. The summed E-state index contributed by atoms with van der Waals surface area (Å²) in [4.78, 5) is 70.8. The lowest BCUT2D eigenvalue weighted by molar-refractivity contribution is -0.149. The van der Waals surface area contributed by atoms with Gasteiger partial charge in [0.1, 0.15) is 12.1 Å². The van der Waals surface area contributed by atoms with Gasteiger partial charge >= 0.3 is 5.97 Å². The zero-order valence-electron chi connectivity index (χ0n) is 34.3. The van der Waals surface area contributed by atoms with Crippen LogP contribution in [-0.2, 0) is 39.9 Å². The summed E-state index contributed by atoms with van der Waals surface area (Å²) in [6, 6.07) is 5.86. The topological polar surface area (TPSA) is 187 Å². The maximum atomic E-state index is 14.3. The molecule has 14 nitrogen and oxygen atoms in total. The number of benzene rings is 1. The van der Waals surface area contributed by atoms with Gasteiger partial charge in [-0.15, -0.1) is 0 Å². The molecule has 1 aromatic carbocycles. The van der Waals surface area contributed by atoms with Gasteiger partial charge in [-0.25, -0.2) is 4.79 Å². The van der Waals surface area contributed by atoms with Gasteiger partial charge in [0.25, 0.3) is 0 Å². The van der Waals surface area contributed by atoms with Crippen molar-refractivity contribution in [3.8, 4) is 0 Å². The Labute approximate surface area is 322 Å². The molecule has 1 aliphatic rings. The number of amides is 4. The highest BCUT2D eigenvalue weighted by Gasteiger charge is 2.44. The van der Waals surface area contributed by atoms with Crippen LogP contribution < -0.4 is 16.0 Å². The Hall–Kier alpha value is -3.59. The van der Waals surface area contributed by atoms with Crippen LogP contribution in [0.4, 0.5) is 0 Å². The Kier molecular flexibility index (Phi) is 18.5. The molecule has 1 saturated heterocycles. The molecular weight excluding hydrogens is 694 g/mol. The van der Waals surface area contributed by atoms with Crippen molar-refractivity contribution in [2.45, 2.75) is 122 Å². The van der Waals surface area contributed by atoms with E-state index in [-0.39, 0.29) is 43.1 Å². The zero-order chi connectivity index (χ0) is 40.9. The summed E-state index contributed by atoms with van der Waals surface area (Å²) in [5.74, 6) is -4.22. The lowest BCUT2D eigenvalue weighted by Gasteiger charge is -2.41. The molecule has 306 valence electrons. The van der Waals surface area contributed by atoms with Crippen molar-refractivity contribution >= 4 is 29.6 Å². The van der Waals surface area contributed by atoms with E-state index in [2.05, 4.69) is 16.0 Å². The fourth-order valence-corrected chi connectivity index (χ4v) is 7.39. The van der Waals surface area contributed by atoms with E-state index >= 15 is 0 Å². The van der Waals surface area contributed by atoms with Crippen molar-refractivity contribution in [1.29, 1.82) is 0 Å². The van der Waals surface area contributed by atoms with E-state index in [1.807, 2.05) is 45.9 Å². The number of carbonyl (C=O) groups is 5. The molecule has 0 aromatic heterocycles. The molecule has 54 heavy (non-hydrogen) atoms. The highest BCUT2D eigenvalue weighted by Crippen LogP contribution is 2.30. The van der Waals surface area contributed by atoms with Crippen molar-refractivity contribution < 1.29 is 43.7 Å². The van der Waals surface area contributed by atoms with Crippen LogP contribution in [0.25, 0.3) is 0 Å². The van der Waals surface area contributed by atoms with Crippen LogP contribution in [0.2, 0.25) is 0 Å². The number of rotatable bonds is 22. The molecule has 2 rings (SSSR count). The smallest absolute Gasteiger partial charge is 0.326 e. The van der Waals surface area contributed by atoms with Crippen molar-refractivity contribution in [3.05, 3.63) is 35.9 Å². The van der Waals surface area contributed by atoms with E-state index in [9.17, 15) is 34.2 Å². The Morgan fingerprint density at radius 1 is 1.00 bits per heavy atom. The number of carboxylic acids is 1. The summed E-state index contributed by atoms with van der Waals surface area (Å²) in [5.41, 5.74) is -0.190. The van der Waals surface area contributed by atoms with Gasteiger partial charge in [0.15, 0.2) is 0 Å². The van der Waals surface area contributed by atoms with Crippen molar-refractivity contribution in [2.75, 3.05) is 41.5 Å². The number of hydrogen-bond donors (Lipinski definition) is 5. The van der Waals surface area contributed by atoms with E-state index in [0.29, 0.717) is 25.8 Å². The van der Waals surface area contributed by atoms with Gasteiger partial charge in [0.2, 0.25) is 23.6 Å². The molecule has 0 aliphatic carbocycles. The Morgan fingerprint density at radius 2 is 1.63 bits per heavy atom. The summed E-state index contributed by atoms with van der Waals surface area (Å²) in [6.07, 6.45) is 0.555. The molecule has 1 fully saturated rings. The maximum Gasteiger partial charge on any atom is 0.326 e. The summed E-state index contributed by atoms with van der Waals surface area (Å²) >= 11 is 0. The second-order valence-electron chi connectivity index (χ2n) is 15.4. The van der Waals surface area contributed by atoms with Gasteiger partial charge in [-0.1, -0.05) is 78.3 Å². The maximum absolute atomic E-state index is 14.3. The molecule has 2 unspecified atom stereocenters. The van der Waals surface area contributed by atoms with Crippen LogP contribution in [0.3, 0.4) is 0 Å². The van der Waals surface area contributed by atoms with Gasteiger partial charge in [-0.3, -0.25) is 19.2 Å². The summed E-state index contributed by atoms with van der Waals surface area (Å²) in [6.45, 7) is 13.0. The molecule has 5 N–H and O–H groups in total. The molecule has 1 aliphatic heterocycles. The molecule has 1 aromatic rings. The molecule has 14 heteroatoms. The lowest BCUT2D eigenvalue weighted by Crippen LogP contribution is -2.63. The molecular formula is C40H67N5O9. The number of aliphatic hydroxyl groups excluding tert-OH is 1. The molecule has 4 amide bonds. The number of likely N-dealkylation sites (tertiary alicyclic amines) is 1. The van der Waals surface area contributed by atoms with Crippen molar-refractivity contribution in [2.24, 2.45) is 23.7 Å². The highest BCUT2D eigenvalue weighted by atomic mass is 16.5. The number of hydrogen-bond acceptors (Lipinski definition) is 9. The number of likely N-dealkylation sites (N-methyl/N-ethyl adjacent to an activating group) is 2. The number of nitrogens with one attached hydrogen (secondary N) is 3. The quantitative estimate of drug-likeness (QED) is 0.118. The fraction of sp³-hybridized carbons (Fsp3) is 0.725. The van der Waals surface area contributed by atoms with Gasteiger partial charge in [0, 0.05) is 46.8 Å². The van der Waals surface area contributed by atoms with Crippen molar-refractivity contribution in [3.63, 3.8) is 0 Å². The first-order valence-electron chi connectivity index (χ1n) is 19.2. The van der Waals surface area contributed by atoms with Crippen LogP contribution in [0, 0.1) is 23.7 Å². The van der Waals surface area contributed by atoms with Gasteiger partial charge in [-0.05, 0) is 44.2 Å². The van der Waals surface area contributed by atoms with Gasteiger partial charge < -0.3 is 45.4 Å². The van der Waals surface area contributed by atoms with Crippen LogP contribution in [0.5, 0.6) is 0 Å². The molecule has 0 bridgehead atoms. The Morgan fingerprint density at radius 3 is 2.13 bits per heavy atom. The standard InChI is InChI=1S/C40H67N5O9/c1-12-25(4)34(44(9)37(49)33(26(5)23-46)43-39(52)40(7,41-8)24(2)3)31(53-10)22-32(47)45-20-16-19-30(45)35(54-11)27(6)36(48)42-29(38(50)51)21-28-17-14-13-15-18-28/h13-15,17-18,24-27,29-31,33-35,41,46H,12,16,19-23H2,1-11H3,(H,42,48)(H,43,52)(H,50,51)/t25-,26?,27+,29-,30-,31+,33-,34-,35+,40?/m0/s1. The third-order valence-electron chi connectivity index (χ3n) is 11.7. The third kappa shape index (κ3) is 11.5. The highest BCUT2D eigenvalue weighted by molar-refractivity contribution is 5.92. The largest absolute Gasteiger partial charge is 0.480 e. The number of aliphatic carboxylic acids is 1. The second kappa shape index (κ2) is 21.5. The average molecular weight is 762 g/mol. The average Bonchev–Trinajstić information content (AvgIpc) is 3.65. The van der Waals surface area contributed by atoms with E-state index in [4.69, 9.17) is 9.47 Å². The van der Waals surface area contributed by atoms with Crippen LogP contribution in [0.1, 0.15) is 79.7 Å². The van der Waals surface area contributed by atoms with Crippen LogP contribution in [-0.4, -0.2) is 133 Å². The molecule has 0 radical (unpaired) electrons. The minimum atomic E-state index is -1.15. The Balaban J connectivity index is 2.31. The molecule has 1 heterocycles. The SMILES string of the molecule is CC[C@H](C)[C@@H]([C@@H](CC(=O)N1CCC[C@H]1[C@H](OC)[C@@H](C)C(=O)N[C@@H](Cc1ccccc1)C(=O)O)OC)N(C)C(=O)[C@@H](NC(=O)C(C)(NC)C(C)C)C(C)CO. The van der Waals surface area contributed by atoms with Crippen LogP contribution in [0.15, 0.2) is 30.3 Å². The number of carboxylic acid groups (broad SMARTS) is 1. The van der Waals surface area contributed by atoms with E-state index in [1.165, 1.54) is 14.2 Å². The number of aliphatic hydroxyl groups is 1. The minimum absolute atomic E-state index is 0.0629. The summed E-state index contributed by atoms with van der Waals surface area (Å²) in [5, 5.41) is 28.6. The minimum Gasteiger partial charge on any atom is -0.480 e. The molecule has 0 saturated carbocycles. The third-order valence-corrected chi connectivity index (χ3v) is 11.7. The number of nitrogens with zero attached hydrogens (tertiary/aromatic N) is 2. The predicted octanol–water partition coefficient (Wildman–Crippen LogP) is 2.47. The van der Waals surface area contributed by atoms with Crippen molar-refractivity contribution in [1.82, 2.24) is 25.8 Å². The van der Waals surface area contributed by atoms with Gasteiger partial charge in [-0.2, -0.15) is 0 Å². The van der Waals surface area contributed by atoms with E-state index in [0.717, 1.165) is 5.56 Å². The lowest BCUT2D eigenvalue weighted by atomic mass is 9.86. The monoisotopic (exact) mass is 761 g/mol. The summed E-state index contributed by atoms with van der Waals surface area (Å²) < 4.78 is 11.8. The van der Waals surface area contributed by atoms with E-state index < -0.39 is 71.5 Å². The number of carbonyl (C=O) groups excluding carboxylic acids is 4. The molecule has 10 atom stereocenters. The number of ether oxygens (including phenoxy) is 2. The second-order valence-corrected chi connectivity index (χ2v) is 15.4. The first kappa shape index (κ1) is 46.6. The normalized spacial score (nSPS) is 20.1.